The molecule has 0 fully saturated rings. The number of H-pyrrole nitrogens is 1. The molecule has 0 saturated heterocycles. The van der Waals surface area contributed by atoms with E-state index in [2.05, 4.69) is 33.8 Å². The summed E-state index contributed by atoms with van der Waals surface area (Å²) in [6, 6.07) is 6.86. The number of sulfonamides is 1. The van der Waals surface area contributed by atoms with E-state index in [-0.39, 0.29) is 10.8 Å². The molecule has 20 heavy (non-hydrogen) atoms. The van der Waals surface area contributed by atoms with E-state index in [1.165, 1.54) is 0 Å². The second-order valence-electron chi connectivity index (χ2n) is 5.09. The van der Waals surface area contributed by atoms with E-state index in [1.807, 2.05) is 12.1 Å². The summed E-state index contributed by atoms with van der Waals surface area (Å²) in [4.78, 5) is 4.12. The van der Waals surface area contributed by atoms with E-state index in [1.54, 1.807) is 19.1 Å². The normalized spacial score (nSPS) is 11.8. The van der Waals surface area contributed by atoms with Crippen molar-refractivity contribution in [3.63, 3.8) is 0 Å². The lowest BCUT2D eigenvalue weighted by Gasteiger charge is -2.07. The first-order valence-corrected chi connectivity index (χ1v) is 7.86. The van der Waals surface area contributed by atoms with Crippen molar-refractivity contribution in [2.24, 2.45) is 5.92 Å². The highest BCUT2D eigenvalue weighted by Gasteiger charge is 2.16. The quantitative estimate of drug-likeness (QED) is 0.884. The molecule has 2 N–H and O–H groups in total. The first kappa shape index (κ1) is 14.5. The summed E-state index contributed by atoms with van der Waals surface area (Å²) in [6.45, 7) is 5.95. The Hall–Kier alpha value is -1.89. The van der Waals surface area contributed by atoms with Gasteiger partial charge in [-0.2, -0.15) is 4.98 Å². The molecule has 0 spiro atoms. The van der Waals surface area contributed by atoms with Crippen molar-refractivity contribution in [1.82, 2.24) is 15.2 Å². The second-order valence-corrected chi connectivity index (χ2v) is 6.77. The van der Waals surface area contributed by atoms with Gasteiger partial charge in [-0.1, -0.05) is 26.0 Å². The van der Waals surface area contributed by atoms with Crippen molar-refractivity contribution in [2.45, 2.75) is 32.1 Å². The number of nitrogens with zero attached hydrogens (tertiary/aromatic N) is 2. The van der Waals surface area contributed by atoms with E-state index < -0.39 is 10.0 Å². The Bertz CT molecular complexity index is 675. The molecule has 7 heteroatoms. The van der Waals surface area contributed by atoms with Crippen LogP contribution < -0.4 is 4.72 Å². The second kappa shape index (κ2) is 5.62. The molecule has 0 atom stereocenters. The van der Waals surface area contributed by atoms with Gasteiger partial charge >= 0.3 is 0 Å². The average Bonchev–Trinajstić information content (AvgIpc) is 2.74. The number of benzene rings is 1. The molecule has 0 unspecified atom stereocenters. The number of rotatable bonds is 5. The molecule has 0 amide bonds. The lowest BCUT2D eigenvalue weighted by molar-refractivity contribution is 0.600. The van der Waals surface area contributed by atoms with Crippen molar-refractivity contribution >= 4 is 16.0 Å². The molecule has 0 aliphatic carbocycles. The minimum Gasteiger partial charge on any atom is -0.261 e. The average molecular weight is 294 g/mol. The molecule has 2 aromatic rings. The van der Waals surface area contributed by atoms with Gasteiger partial charge in [0.2, 0.25) is 0 Å². The Kier molecular flexibility index (Phi) is 4.08. The molecule has 0 saturated carbocycles. The molecule has 0 radical (unpaired) electrons. The fourth-order valence-corrected chi connectivity index (χ4v) is 2.79. The zero-order valence-electron chi connectivity index (χ0n) is 11.7. The van der Waals surface area contributed by atoms with E-state index in [4.69, 9.17) is 0 Å². The van der Waals surface area contributed by atoms with Gasteiger partial charge < -0.3 is 0 Å². The molecule has 0 aliphatic heterocycles. The minimum absolute atomic E-state index is 0.0498. The van der Waals surface area contributed by atoms with Gasteiger partial charge in [0.15, 0.2) is 0 Å². The third-order valence-corrected chi connectivity index (χ3v) is 4.04. The molecule has 0 aliphatic rings. The van der Waals surface area contributed by atoms with Crippen LogP contribution >= 0.6 is 0 Å². The molecule has 1 aromatic heterocycles. The summed E-state index contributed by atoms with van der Waals surface area (Å²) in [5, 5.41) is 6.34. The summed E-state index contributed by atoms with van der Waals surface area (Å²) in [6.07, 6.45) is 0.924. The van der Waals surface area contributed by atoms with Crippen molar-refractivity contribution in [3.8, 4) is 0 Å². The number of anilines is 1. The molecular weight excluding hydrogens is 276 g/mol. The fraction of sp³-hybridized carbons (Fsp3) is 0.385. The Morgan fingerprint density at radius 1 is 1.25 bits per heavy atom. The highest BCUT2D eigenvalue weighted by atomic mass is 32.2. The maximum Gasteiger partial charge on any atom is 0.264 e. The molecule has 1 heterocycles. The molecule has 108 valence electrons. The smallest absolute Gasteiger partial charge is 0.261 e. The van der Waals surface area contributed by atoms with Crippen LogP contribution in [-0.4, -0.2) is 23.6 Å². The summed E-state index contributed by atoms with van der Waals surface area (Å²) >= 11 is 0. The fourth-order valence-electron chi connectivity index (χ4n) is 1.84. The van der Waals surface area contributed by atoms with Crippen molar-refractivity contribution in [3.05, 3.63) is 35.7 Å². The number of aromatic nitrogens is 3. The van der Waals surface area contributed by atoms with Gasteiger partial charge in [-0.15, -0.1) is 5.10 Å². The first-order chi connectivity index (χ1) is 9.37. The number of nitrogens with one attached hydrogen (secondary N) is 2. The third kappa shape index (κ3) is 3.57. The zero-order chi connectivity index (χ0) is 14.8. The zero-order valence-corrected chi connectivity index (χ0v) is 12.5. The number of hydrogen-bond acceptors (Lipinski definition) is 4. The first-order valence-electron chi connectivity index (χ1n) is 6.37. The number of aromatic amines is 1. The van der Waals surface area contributed by atoms with Crippen LogP contribution in [0.1, 0.15) is 25.2 Å². The predicted octanol–water partition coefficient (Wildman–Crippen LogP) is 2.11. The Balaban J connectivity index is 2.17. The van der Waals surface area contributed by atoms with Crippen LogP contribution in [0.4, 0.5) is 5.95 Å². The summed E-state index contributed by atoms with van der Waals surface area (Å²) in [7, 11) is -3.64. The Labute approximate surface area is 118 Å². The van der Waals surface area contributed by atoms with Crippen LogP contribution in [0, 0.1) is 12.8 Å². The minimum atomic E-state index is -3.64. The largest absolute Gasteiger partial charge is 0.264 e. The molecule has 0 bridgehead atoms. The lowest BCUT2D eigenvalue weighted by atomic mass is 10.0. The number of hydrogen-bond donors (Lipinski definition) is 2. The summed E-state index contributed by atoms with van der Waals surface area (Å²) < 4.78 is 26.6. The van der Waals surface area contributed by atoms with Crippen molar-refractivity contribution in [1.29, 1.82) is 0 Å². The van der Waals surface area contributed by atoms with Crippen LogP contribution in [0.3, 0.4) is 0 Å². The van der Waals surface area contributed by atoms with E-state index >= 15 is 0 Å². The topological polar surface area (TPSA) is 87.7 Å². The predicted molar refractivity (Wildman–Crippen MR) is 76.9 cm³/mol. The van der Waals surface area contributed by atoms with Crippen molar-refractivity contribution < 1.29 is 8.42 Å². The van der Waals surface area contributed by atoms with Gasteiger partial charge in [0.25, 0.3) is 16.0 Å². The van der Waals surface area contributed by atoms with Crippen molar-refractivity contribution in [2.75, 3.05) is 4.72 Å². The van der Waals surface area contributed by atoms with Gasteiger partial charge in [0.05, 0.1) is 4.90 Å². The molecule has 2 rings (SSSR count). The van der Waals surface area contributed by atoms with E-state index in [0.29, 0.717) is 11.7 Å². The van der Waals surface area contributed by atoms with Gasteiger partial charge in [-0.3, -0.25) is 5.10 Å². The lowest BCUT2D eigenvalue weighted by Crippen LogP contribution is -2.14. The standard InChI is InChI=1S/C13H18N4O2S/c1-9(2)8-11-4-6-12(7-5-11)20(18,19)17-13-14-10(3)15-16-13/h4-7,9H,8H2,1-3H3,(H2,14,15,16,17). The monoisotopic (exact) mass is 294 g/mol. The Morgan fingerprint density at radius 2 is 1.90 bits per heavy atom. The molecule has 1 aromatic carbocycles. The van der Waals surface area contributed by atoms with Gasteiger partial charge in [-0.25, -0.2) is 13.1 Å². The van der Waals surface area contributed by atoms with Gasteiger partial charge in [0.1, 0.15) is 5.82 Å². The molecule has 6 nitrogen and oxygen atoms in total. The van der Waals surface area contributed by atoms with Crippen LogP contribution in [0.2, 0.25) is 0 Å². The highest BCUT2D eigenvalue weighted by Crippen LogP contribution is 2.15. The van der Waals surface area contributed by atoms with Crippen LogP contribution in [0.15, 0.2) is 29.2 Å². The van der Waals surface area contributed by atoms with E-state index in [9.17, 15) is 8.42 Å². The van der Waals surface area contributed by atoms with E-state index in [0.717, 1.165) is 12.0 Å². The molecular formula is C13H18N4O2S. The van der Waals surface area contributed by atoms with Crippen LogP contribution in [-0.2, 0) is 16.4 Å². The SMILES string of the molecule is Cc1nc(NS(=O)(=O)c2ccc(CC(C)C)cc2)n[nH]1. The van der Waals surface area contributed by atoms with Crippen LogP contribution in [0.5, 0.6) is 0 Å². The van der Waals surface area contributed by atoms with Gasteiger partial charge in [-0.05, 0) is 37.0 Å². The maximum absolute atomic E-state index is 12.1. The number of aryl methyl sites for hydroxylation is 1. The third-order valence-electron chi connectivity index (χ3n) is 2.70. The van der Waals surface area contributed by atoms with Gasteiger partial charge in [0, 0.05) is 0 Å². The summed E-state index contributed by atoms with van der Waals surface area (Å²) in [5.74, 6) is 1.13. The van der Waals surface area contributed by atoms with Crippen LogP contribution in [0.25, 0.3) is 0 Å². The Morgan fingerprint density at radius 3 is 2.40 bits per heavy atom. The summed E-state index contributed by atoms with van der Waals surface area (Å²) in [5.41, 5.74) is 1.12. The maximum atomic E-state index is 12.1. The highest BCUT2D eigenvalue weighted by molar-refractivity contribution is 7.92.